The standard InChI is InChI=1S/C18H25N3O/c1-14(16-8-4-3-5-9-16)15(2)20-12-17(22)21-18(13-19)10-6-7-11-18/h3-5,8-9,14-15,20H,6-7,10-12H2,1-2H3,(H,21,22)/t14-,15-/m1/s1. The predicted molar refractivity (Wildman–Crippen MR) is 87.3 cm³/mol. The Hall–Kier alpha value is -1.86. The summed E-state index contributed by atoms with van der Waals surface area (Å²) < 4.78 is 0. The van der Waals surface area contributed by atoms with Gasteiger partial charge in [0.1, 0.15) is 5.54 Å². The van der Waals surface area contributed by atoms with Gasteiger partial charge in [0.25, 0.3) is 0 Å². The number of nitriles is 1. The molecule has 1 aromatic rings. The first kappa shape index (κ1) is 16.5. The van der Waals surface area contributed by atoms with Gasteiger partial charge in [0, 0.05) is 6.04 Å². The highest BCUT2D eigenvalue weighted by atomic mass is 16.2. The maximum absolute atomic E-state index is 12.1. The van der Waals surface area contributed by atoms with Gasteiger partial charge in [-0.1, -0.05) is 37.3 Å². The van der Waals surface area contributed by atoms with Crippen molar-refractivity contribution >= 4 is 5.91 Å². The van der Waals surface area contributed by atoms with Crippen molar-refractivity contribution in [2.24, 2.45) is 0 Å². The molecule has 0 spiro atoms. The minimum Gasteiger partial charge on any atom is -0.337 e. The number of hydrogen-bond acceptors (Lipinski definition) is 3. The largest absolute Gasteiger partial charge is 0.337 e. The highest BCUT2D eigenvalue weighted by Gasteiger charge is 2.35. The van der Waals surface area contributed by atoms with Crippen molar-refractivity contribution in [2.75, 3.05) is 6.54 Å². The number of benzene rings is 1. The average molecular weight is 299 g/mol. The number of carbonyl (C=O) groups excluding carboxylic acids is 1. The Morgan fingerprint density at radius 3 is 2.50 bits per heavy atom. The predicted octanol–water partition coefficient (Wildman–Crippen LogP) is 2.72. The van der Waals surface area contributed by atoms with E-state index in [1.54, 1.807) is 0 Å². The topological polar surface area (TPSA) is 64.9 Å². The van der Waals surface area contributed by atoms with Crippen molar-refractivity contribution in [1.82, 2.24) is 10.6 Å². The van der Waals surface area contributed by atoms with Crippen LogP contribution in [0.5, 0.6) is 0 Å². The summed E-state index contributed by atoms with van der Waals surface area (Å²) >= 11 is 0. The van der Waals surface area contributed by atoms with Crippen LogP contribution in [0.3, 0.4) is 0 Å². The van der Waals surface area contributed by atoms with Crippen LogP contribution in [0.4, 0.5) is 0 Å². The van der Waals surface area contributed by atoms with Crippen LogP contribution in [0.2, 0.25) is 0 Å². The van der Waals surface area contributed by atoms with Gasteiger partial charge >= 0.3 is 0 Å². The van der Waals surface area contributed by atoms with Gasteiger partial charge < -0.3 is 10.6 Å². The molecule has 1 fully saturated rings. The van der Waals surface area contributed by atoms with Crippen molar-refractivity contribution in [2.45, 2.75) is 57.0 Å². The zero-order valence-corrected chi connectivity index (χ0v) is 13.4. The van der Waals surface area contributed by atoms with E-state index in [2.05, 4.69) is 42.7 Å². The Kier molecular flexibility index (Phi) is 5.57. The third kappa shape index (κ3) is 4.08. The highest BCUT2D eigenvalue weighted by molar-refractivity contribution is 5.79. The summed E-state index contributed by atoms with van der Waals surface area (Å²) in [7, 11) is 0. The minimum absolute atomic E-state index is 0.0874. The molecular formula is C18H25N3O. The molecule has 2 rings (SSSR count). The maximum Gasteiger partial charge on any atom is 0.235 e. The van der Waals surface area contributed by atoms with Gasteiger partial charge in [-0.3, -0.25) is 4.79 Å². The van der Waals surface area contributed by atoms with Crippen molar-refractivity contribution in [3.05, 3.63) is 35.9 Å². The zero-order valence-electron chi connectivity index (χ0n) is 13.4. The Bertz CT molecular complexity index is 529. The molecule has 1 saturated carbocycles. The monoisotopic (exact) mass is 299 g/mol. The van der Waals surface area contributed by atoms with E-state index in [1.807, 2.05) is 18.2 Å². The van der Waals surface area contributed by atoms with Crippen molar-refractivity contribution < 1.29 is 4.79 Å². The first-order valence-corrected chi connectivity index (χ1v) is 8.07. The third-order valence-corrected chi connectivity index (χ3v) is 4.71. The van der Waals surface area contributed by atoms with Gasteiger partial charge in [-0.15, -0.1) is 0 Å². The second kappa shape index (κ2) is 7.42. The minimum atomic E-state index is -0.632. The molecule has 4 nitrogen and oxygen atoms in total. The first-order chi connectivity index (χ1) is 10.6. The smallest absolute Gasteiger partial charge is 0.235 e. The van der Waals surface area contributed by atoms with E-state index in [-0.39, 0.29) is 18.5 Å². The molecule has 22 heavy (non-hydrogen) atoms. The van der Waals surface area contributed by atoms with Crippen molar-refractivity contribution in [3.63, 3.8) is 0 Å². The Morgan fingerprint density at radius 1 is 1.27 bits per heavy atom. The summed E-state index contributed by atoms with van der Waals surface area (Å²) in [6, 6.07) is 12.7. The van der Waals surface area contributed by atoms with Gasteiger partial charge in [-0.05, 0) is 44.1 Å². The summed E-state index contributed by atoms with van der Waals surface area (Å²) in [6.07, 6.45) is 3.57. The van der Waals surface area contributed by atoms with Crippen LogP contribution in [0, 0.1) is 11.3 Å². The van der Waals surface area contributed by atoms with E-state index in [9.17, 15) is 10.1 Å². The summed E-state index contributed by atoms with van der Waals surface area (Å²) in [4.78, 5) is 12.1. The Labute approximate surface area is 132 Å². The fraction of sp³-hybridized carbons (Fsp3) is 0.556. The van der Waals surface area contributed by atoms with Gasteiger partial charge in [0.05, 0.1) is 12.6 Å². The maximum atomic E-state index is 12.1. The number of rotatable bonds is 6. The van der Waals surface area contributed by atoms with Crippen LogP contribution in [-0.4, -0.2) is 24.0 Å². The summed E-state index contributed by atoms with van der Waals surface area (Å²) in [6.45, 7) is 4.49. The molecule has 0 aliphatic heterocycles. The van der Waals surface area contributed by atoms with Crippen LogP contribution >= 0.6 is 0 Å². The summed E-state index contributed by atoms with van der Waals surface area (Å²) in [5.41, 5.74) is 0.625. The molecule has 2 atom stereocenters. The first-order valence-electron chi connectivity index (χ1n) is 8.07. The summed E-state index contributed by atoms with van der Waals surface area (Å²) in [5, 5.41) is 15.5. The van der Waals surface area contributed by atoms with Crippen LogP contribution in [0.1, 0.15) is 51.0 Å². The Balaban J connectivity index is 1.82. The molecule has 1 aliphatic rings. The van der Waals surface area contributed by atoms with Crippen molar-refractivity contribution in [3.8, 4) is 6.07 Å². The average Bonchev–Trinajstić information content (AvgIpc) is 3.01. The molecule has 118 valence electrons. The number of amides is 1. The quantitative estimate of drug-likeness (QED) is 0.849. The van der Waals surface area contributed by atoms with E-state index in [0.29, 0.717) is 5.92 Å². The fourth-order valence-electron chi connectivity index (χ4n) is 3.03. The summed E-state index contributed by atoms with van der Waals surface area (Å²) in [5.74, 6) is 0.237. The van der Waals surface area contributed by atoms with Gasteiger partial charge in [-0.2, -0.15) is 5.26 Å². The van der Waals surface area contributed by atoms with E-state index in [1.165, 1.54) is 5.56 Å². The van der Waals surface area contributed by atoms with Crippen LogP contribution in [0.25, 0.3) is 0 Å². The van der Waals surface area contributed by atoms with Crippen LogP contribution in [0.15, 0.2) is 30.3 Å². The lowest BCUT2D eigenvalue weighted by molar-refractivity contribution is -0.121. The molecule has 0 heterocycles. The van der Waals surface area contributed by atoms with Gasteiger partial charge in [-0.25, -0.2) is 0 Å². The molecule has 1 aliphatic carbocycles. The molecule has 1 amide bonds. The molecule has 1 aromatic carbocycles. The van der Waals surface area contributed by atoms with Crippen LogP contribution < -0.4 is 10.6 Å². The number of hydrogen-bond donors (Lipinski definition) is 2. The van der Waals surface area contributed by atoms with E-state index in [4.69, 9.17) is 0 Å². The number of nitrogens with zero attached hydrogens (tertiary/aromatic N) is 1. The Morgan fingerprint density at radius 2 is 1.91 bits per heavy atom. The third-order valence-electron chi connectivity index (χ3n) is 4.71. The molecule has 0 radical (unpaired) electrons. The van der Waals surface area contributed by atoms with Crippen LogP contribution in [-0.2, 0) is 4.79 Å². The van der Waals surface area contributed by atoms with E-state index < -0.39 is 5.54 Å². The van der Waals surface area contributed by atoms with E-state index >= 15 is 0 Å². The van der Waals surface area contributed by atoms with E-state index in [0.717, 1.165) is 25.7 Å². The molecule has 0 aromatic heterocycles. The molecule has 0 unspecified atom stereocenters. The number of carbonyl (C=O) groups is 1. The number of nitrogens with one attached hydrogen (secondary N) is 2. The molecular weight excluding hydrogens is 274 g/mol. The normalized spacial score (nSPS) is 19.1. The highest BCUT2D eigenvalue weighted by Crippen LogP contribution is 2.28. The molecule has 4 heteroatoms. The lowest BCUT2D eigenvalue weighted by atomic mass is 9.94. The second-order valence-electron chi connectivity index (χ2n) is 6.32. The lowest BCUT2D eigenvalue weighted by Gasteiger charge is -2.25. The fourth-order valence-corrected chi connectivity index (χ4v) is 3.03. The van der Waals surface area contributed by atoms with Gasteiger partial charge in [0.2, 0.25) is 5.91 Å². The lowest BCUT2D eigenvalue weighted by Crippen LogP contribution is -2.49. The second-order valence-corrected chi connectivity index (χ2v) is 6.32. The zero-order chi connectivity index (χ0) is 16.0. The molecule has 0 saturated heterocycles. The molecule has 2 N–H and O–H groups in total. The molecule has 0 bridgehead atoms. The van der Waals surface area contributed by atoms with Gasteiger partial charge in [0.15, 0.2) is 0 Å². The SMILES string of the molecule is C[C@@H](NCC(=O)NC1(C#N)CCCC1)[C@@H](C)c1ccccc1. The van der Waals surface area contributed by atoms with Crippen molar-refractivity contribution in [1.29, 1.82) is 5.26 Å².